The van der Waals surface area contributed by atoms with E-state index < -0.39 is 22.5 Å². The Labute approximate surface area is 112 Å². The van der Waals surface area contributed by atoms with Crippen molar-refractivity contribution in [3.8, 4) is 0 Å². The van der Waals surface area contributed by atoms with Gasteiger partial charge >= 0.3 is 22.5 Å². The van der Waals surface area contributed by atoms with E-state index in [1.165, 1.54) is 0 Å². The molecule has 3 nitrogen and oxygen atoms in total. The van der Waals surface area contributed by atoms with E-state index in [0.29, 0.717) is 0 Å². The molecule has 0 amide bonds. The van der Waals surface area contributed by atoms with Gasteiger partial charge in [-0.2, -0.15) is 21.6 Å². The highest BCUT2D eigenvalue weighted by Gasteiger charge is 2.51. The monoisotopic (exact) mass is 298 g/mol. The molecule has 0 unspecified atom stereocenters. The van der Waals surface area contributed by atoms with Crippen LogP contribution in [0.5, 0.6) is 0 Å². The summed E-state index contributed by atoms with van der Waals surface area (Å²) in [6.07, 6.45) is 6.88. The number of hydrogen-bond donors (Lipinski definition) is 0. The van der Waals surface area contributed by atoms with Gasteiger partial charge in [0.1, 0.15) is 0 Å². The summed E-state index contributed by atoms with van der Waals surface area (Å²) in [4.78, 5) is 0. The molecular formula is C11H18BF3O3S. The summed E-state index contributed by atoms with van der Waals surface area (Å²) < 4.78 is 64.4. The van der Waals surface area contributed by atoms with Gasteiger partial charge in [0.15, 0.2) is 0 Å². The van der Waals surface area contributed by atoms with Gasteiger partial charge in [-0.05, 0) is 11.6 Å². The Morgan fingerprint density at radius 2 is 1.26 bits per heavy atom. The minimum Gasteiger partial charge on any atom is -0.326 e. The molecule has 2 aliphatic rings. The molecule has 110 valence electrons. The lowest BCUT2D eigenvalue weighted by molar-refractivity contribution is -0.0502. The van der Waals surface area contributed by atoms with Gasteiger partial charge in [0.25, 0.3) is 0 Å². The Bertz CT molecular complexity index is 382. The highest BCUT2D eigenvalue weighted by Crippen LogP contribution is 2.45. The molecule has 0 aromatic rings. The number of halogens is 3. The predicted octanol–water partition coefficient (Wildman–Crippen LogP) is 3.73. The summed E-state index contributed by atoms with van der Waals surface area (Å²) in [7, 11) is -5.47. The number of rotatable bonds is 4. The number of alkyl halides is 3. The Kier molecular flexibility index (Phi) is 4.50. The summed E-state index contributed by atoms with van der Waals surface area (Å²) in [6, 6.07) is 0. The summed E-state index contributed by atoms with van der Waals surface area (Å²) in [5, 5.41) is 0. The first-order valence-electron chi connectivity index (χ1n) is 6.81. The van der Waals surface area contributed by atoms with Crippen LogP contribution in [0, 0.1) is 0 Å². The summed E-state index contributed by atoms with van der Waals surface area (Å²) in [5.74, 6) is -0.0829. The minimum absolute atomic E-state index is 0.0415. The van der Waals surface area contributed by atoms with Crippen molar-refractivity contribution in [1.29, 1.82) is 0 Å². The molecule has 0 aromatic heterocycles. The summed E-state index contributed by atoms with van der Waals surface area (Å²) in [5.41, 5.74) is -5.32. The first-order valence-corrected chi connectivity index (χ1v) is 8.21. The first-order chi connectivity index (χ1) is 8.81. The van der Waals surface area contributed by atoms with E-state index in [4.69, 9.17) is 0 Å². The minimum atomic E-state index is -5.47. The summed E-state index contributed by atoms with van der Waals surface area (Å²) >= 11 is 0. The Hall–Kier alpha value is -0.235. The van der Waals surface area contributed by atoms with Crippen LogP contribution < -0.4 is 0 Å². The molecule has 2 rings (SSSR count). The Morgan fingerprint density at radius 3 is 1.58 bits per heavy atom. The second-order valence-electron chi connectivity index (χ2n) is 5.55. The van der Waals surface area contributed by atoms with Gasteiger partial charge in [-0.15, -0.1) is 0 Å². The SMILES string of the molecule is O=S(=O)(OB(C1CCCC1)C1CCCC1)C(F)(F)F. The third-order valence-electron chi connectivity index (χ3n) is 4.25. The molecule has 2 aliphatic carbocycles. The van der Waals surface area contributed by atoms with Crippen molar-refractivity contribution in [2.24, 2.45) is 0 Å². The second-order valence-corrected chi connectivity index (χ2v) is 7.11. The van der Waals surface area contributed by atoms with Crippen LogP contribution >= 0.6 is 0 Å². The number of hydrogen-bond acceptors (Lipinski definition) is 3. The van der Waals surface area contributed by atoms with Crippen LogP contribution in [0.2, 0.25) is 11.6 Å². The molecule has 19 heavy (non-hydrogen) atoms. The van der Waals surface area contributed by atoms with Crippen LogP contribution in [-0.2, 0) is 14.2 Å². The van der Waals surface area contributed by atoms with Gasteiger partial charge in [0.05, 0.1) is 0 Å². The van der Waals surface area contributed by atoms with Crippen LogP contribution in [-0.4, -0.2) is 20.8 Å². The van der Waals surface area contributed by atoms with Gasteiger partial charge in [-0.1, -0.05) is 51.4 Å². The molecule has 0 heterocycles. The van der Waals surface area contributed by atoms with E-state index >= 15 is 0 Å². The fourth-order valence-corrected chi connectivity index (χ4v) is 4.03. The molecular weight excluding hydrogens is 280 g/mol. The van der Waals surface area contributed by atoms with Gasteiger partial charge in [-0.3, -0.25) is 0 Å². The lowest BCUT2D eigenvalue weighted by atomic mass is 9.46. The van der Waals surface area contributed by atoms with Gasteiger partial charge in [0.2, 0.25) is 0 Å². The van der Waals surface area contributed by atoms with Gasteiger partial charge < -0.3 is 4.10 Å². The van der Waals surface area contributed by atoms with Crippen LogP contribution in [0.3, 0.4) is 0 Å². The van der Waals surface area contributed by atoms with Crippen molar-refractivity contribution in [2.45, 2.75) is 68.5 Å². The topological polar surface area (TPSA) is 43.4 Å². The van der Waals surface area contributed by atoms with Crippen LogP contribution in [0.1, 0.15) is 51.4 Å². The molecule has 2 saturated carbocycles. The van der Waals surface area contributed by atoms with E-state index in [-0.39, 0.29) is 11.6 Å². The molecule has 0 aromatic carbocycles. The smallest absolute Gasteiger partial charge is 0.326 e. The maximum Gasteiger partial charge on any atom is 0.521 e. The third kappa shape index (κ3) is 3.45. The van der Waals surface area contributed by atoms with E-state index in [9.17, 15) is 21.6 Å². The van der Waals surface area contributed by atoms with E-state index in [2.05, 4.69) is 4.10 Å². The zero-order chi connectivity index (χ0) is 14.1. The van der Waals surface area contributed by atoms with E-state index in [1.807, 2.05) is 0 Å². The average Bonchev–Trinajstić information content (AvgIpc) is 2.98. The lowest BCUT2D eigenvalue weighted by Crippen LogP contribution is -2.37. The highest BCUT2D eigenvalue weighted by molar-refractivity contribution is 7.88. The fraction of sp³-hybridized carbons (Fsp3) is 1.00. The maximum absolute atomic E-state index is 12.5. The van der Waals surface area contributed by atoms with Crippen molar-refractivity contribution in [3.05, 3.63) is 0 Å². The molecule has 0 bridgehead atoms. The molecule has 0 saturated heterocycles. The molecule has 0 N–H and O–H groups in total. The van der Waals surface area contributed by atoms with Crippen molar-refractivity contribution >= 4 is 17.0 Å². The molecule has 8 heteroatoms. The lowest BCUT2D eigenvalue weighted by Gasteiger charge is -2.25. The maximum atomic E-state index is 12.5. The molecule has 2 fully saturated rings. The van der Waals surface area contributed by atoms with Crippen LogP contribution in [0.15, 0.2) is 0 Å². The van der Waals surface area contributed by atoms with Crippen molar-refractivity contribution in [2.75, 3.05) is 0 Å². The Balaban J connectivity index is 2.13. The first kappa shape index (κ1) is 15.2. The quantitative estimate of drug-likeness (QED) is 0.586. The second kappa shape index (κ2) is 5.64. The molecule has 0 atom stereocenters. The largest absolute Gasteiger partial charge is 0.521 e. The Morgan fingerprint density at radius 1 is 0.895 bits per heavy atom. The zero-order valence-corrected chi connectivity index (χ0v) is 11.5. The third-order valence-corrected chi connectivity index (χ3v) is 5.29. The standard InChI is InChI=1S/C11H18BF3O3S/c13-11(14,15)19(16,17)18-12(9-5-1-2-6-9)10-7-3-4-8-10/h9-10H,1-8H2. The average molecular weight is 298 g/mol. The molecule has 0 aliphatic heterocycles. The van der Waals surface area contributed by atoms with E-state index in [1.54, 1.807) is 0 Å². The van der Waals surface area contributed by atoms with Gasteiger partial charge in [-0.25, -0.2) is 0 Å². The van der Waals surface area contributed by atoms with Crippen LogP contribution in [0.4, 0.5) is 13.2 Å². The zero-order valence-electron chi connectivity index (χ0n) is 10.7. The van der Waals surface area contributed by atoms with Crippen molar-refractivity contribution in [1.82, 2.24) is 0 Å². The predicted molar refractivity (Wildman–Crippen MR) is 66.2 cm³/mol. The molecule has 0 radical (unpaired) electrons. The van der Waals surface area contributed by atoms with Crippen LogP contribution in [0.25, 0.3) is 0 Å². The van der Waals surface area contributed by atoms with Crippen molar-refractivity contribution in [3.63, 3.8) is 0 Å². The highest BCUT2D eigenvalue weighted by atomic mass is 32.2. The fourth-order valence-electron chi connectivity index (χ4n) is 3.31. The van der Waals surface area contributed by atoms with Gasteiger partial charge in [0, 0.05) is 0 Å². The summed E-state index contributed by atoms with van der Waals surface area (Å²) in [6.45, 7) is -0.781. The molecule has 0 spiro atoms. The van der Waals surface area contributed by atoms with Crippen molar-refractivity contribution < 1.29 is 25.7 Å². The van der Waals surface area contributed by atoms with E-state index in [0.717, 1.165) is 51.4 Å². The normalized spacial score (nSPS) is 23.1.